The molecule has 0 aliphatic carbocycles. The molecule has 0 bridgehead atoms. The Morgan fingerprint density at radius 2 is 1.95 bits per heavy atom. The topological polar surface area (TPSA) is 133 Å². The second-order valence-electron chi connectivity index (χ2n) is 3.85. The number of esters is 1. The predicted octanol–water partition coefficient (Wildman–Crippen LogP) is -1.07. The molecule has 0 radical (unpaired) electrons. The Balaban J connectivity index is 2.78. The van der Waals surface area contributed by atoms with Gasteiger partial charge in [0.05, 0.1) is 12.0 Å². The molecule has 0 saturated heterocycles. The Kier molecular flexibility index (Phi) is 5.22. The fourth-order valence-corrected chi connectivity index (χ4v) is 2.79. The molecule has 0 spiro atoms. The van der Waals surface area contributed by atoms with Crippen molar-refractivity contribution in [1.82, 2.24) is 4.72 Å². The van der Waals surface area contributed by atoms with Crippen LogP contribution in [0.4, 0.5) is 0 Å². The number of hydrogen-bond donors (Lipinski definition) is 2. The van der Waals surface area contributed by atoms with Gasteiger partial charge in [0.25, 0.3) is 0 Å². The average Bonchev–Trinajstić information content (AvgIpc) is 2.35. The predicted molar refractivity (Wildman–Crippen MR) is 70.5 cm³/mol. The lowest BCUT2D eigenvalue weighted by Gasteiger charge is -2.07. The van der Waals surface area contributed by atoms with Gasteiger partial charge in [-0.05, 0) is 17.7 Å². The van der Waals surface area contributed by atoms with Crippen LogP contribution in [0.25, 0.3) is 0 Å². The molecule has 3 N–H and O–H groups in total. The van der Waals surface area contributed by atoms with Crippen LogP contribution >= 0.6 is 0 Å². The fourth-order valence-electron chi connectivity index (χ4n) is 1.29. The van der Waals surface area contributed by atoms with E-state index in [2.05, 4.69) is 9.46 Å². The van der Waals surface area contributed by atoms with E-state index >= 15 is 0 Å². The van der Waals surface area contributed by atoms with Gasteiger partial charge in [0.1, 0.15) is 0 Å². The summed E-state index contributed by atoms with van der Waals surface area (Å²) in [6.45, 7) is -0.164. The Morgan fingerprint density at radius 3 is 2.50 bits per heavy atom. The smallest absolute Gasteiger partial charge is 0.322 e. The number of sulfonamides is 2. The molecular weight excluding hydrogens is 308 g/mol. The van der Waals surface area contributed by atoms with Gasteiger partial charge in [-0.15, -0.1) is 0 Å². The van der Waals surface area contributed by atoms with Gasteiger partial charge in [0.15, 0.2) is 5.75 Å². The molecule has 10 heteroatoms. The molecule has 0 unspecified atom stereocenters. The summed E-state index contributed by atoms with van der Waals surface area (Å²) in [6, 6.07) is 5.50. The third-order valence-electron chi connectivity index (χ3n) is 2.26. The van der Waals surface area contributed by atoms with Crippen LogP contribution in [-0.4, -0.2) is 35.7 Å². The van der Waals surface area contributed by atoms with Crippen molar-refractivity contribution < 1.29 is 26.4 Å². The summed E-state index contributed by atoms with van der Waals surface area (Å²) in [5.41, 5.74) is 0.393. The number of nitrogens with one attached hydrogen (secondary N) is 1. The molecule has 8 nitrogen and oxygen atoms in total. The van der Waals surface area contributed by atoms with Crippen molar-refractivity contribution in [3.05, 3.63) is 29.8 Å². The van der Waals surface area contributed by atoms with Gasteiger partial charge >= 0.3 is 5.97 Å². The molecule has 1 rings (SSSR count). The molecule has 0 amide bonds. The van der Waals surface area contributed by atoms with Crippen LogP contribution in [0.3, 0.4) is 0 Å². The number of carbonyl (C=O) groups excluding carboxylic acids is 1. The summed E-state index contributed by atoms with van der Waals surface area (Å²) < 4.78 is 51.7. The SMILES string of the molecule is COC(=O)CS(=O)(=O)NCc1cccc(S(N)(=O)=O)c1. The van der Waals surface area contributed by atoms with Gasteiger partial charge in [0, 0.05) is 6.54 Å². The number of benzene rings is 1. The van der Waals surface area contributed by atoms with E-state index in [1.165, 1.54) is 24.3 Å². The van der Waals surface area contributed by atoms with E-state index in [1.54, 1.807) is 0 Å². The highest BCUT2D eigenvalue weighted by Crippen LogP contribution is 2.09. The monoisotopic (exact) mass is 322 g/mol. The number of nitrogens with two attached hydrogens (primary N) is 1. The van der Waals surface area contributed by atoms with Crippen LogP contribution in [0.15, 0.2) is 29.2 Å². The second-order valence-corrected chi connectivity index (χ2v) is 7.22. The Morgan fingerprint density at radius 1 is 1.30 bits per heavy atom. The summed E-state index contributed by atoms with van der Waals surface area (Å²) in [6.07, 6.45) is 0. The van der Waals surface area contributed by atoms with E-state index < -0.39 is 31.8 Å². The minimum absolute atomic E-state index is 0.123. The number of primary sulfonamides is 1. The highest BCUT2D eigenvalue weighted by molar-refractivity contribution is 7.90. The van der Waals surface area contributed by atoms with Gasteiger partial charge in [-0.25, -0.2) is 26.7 Å². The molecule has 20 heavy (non-hydrogen) atoms. The molecule has 1 aromatic carbocycles. The normalized spacial score (nSPS) is 12.1. The Labute approximate surface area is 117 Å². The molecule has 0 aliphatic rings. The first kappa shape index (κ1) is 16.6. The third-order valence-corrected chi connectivity index (χ3v) is 4.37. The van der Waals surface area contributed by atoms with Gasteiger partial charge in [-0.2, -0.15) is 0 Å². The fraction of sp³-hybridized carbons (Fsp3) is 0.300. The quantitative estimate of drug-likeness (QED) is 0.641. The first-order valence-electron chi connectivity index (χ1n) is 5.30. The molecular formula is C10H14N2O6S2. The summed E-state index contributed by atoms with van der Waals surface area (Å²) >= 11 is 0. The zero-order valence-electron chi connectivity index (χ0n) is 10.6. The zero-order valence-corrected chi connectivity index (χ0v) is 12.2. The van der Waals surface area contributed by atoms with Crippen molar-refractivity contribution in [2.24, 2.45) is 5.14 Å². The number of carbonyl (C=O) groups is 1. The third kappa shape index (κ3) is 5.25. The van der Waals surface area contributed by atoms with Crippen LogP contribution in [0, 0.1) is 0 Å². The van der Waals surface area contributed by atoms with Gasteiger partial charge in [0.2, 0.25) is 20.0 Å². The second kappa shape index (κ2) is 6.31. The van der Waals surface area contributed by atoms with E-state index in [1.807, 2.05) is 0 Å². The van der Waals surface area contributed by atoms with E-state index in [0.29, 0.717) is 5.56 Å². The molecule has 0 aromatic heterocycles. The first-order valence-corrected chi connectivity index (χ1v) is 8.50. The van der Waals surface area contributed by atoms with Crippen molar-refractivity contribution in [2.75, 3.05) is 12.9 Å². The maximum atomic E-state index is 11.5. The van der Waals surface area contributed by atoms with Gasteiger partial charge in [-0.1, -0.05) is 12.1 Å². The highest BCUT2D eigenvalue weighted by atomic mass is 32.2. The van der Waals surface area contributed by atoms with Crippen LogP contribution in [0.2, 0.25) is 0 Å². The minimum atomic E-state index is -3.85. The van der Waals surface area contributed by atoms with Crippen molar-refractivity contribution in [1.29, 1.82) is 0 Å². The molecule has 0 aliphatic heterocycles. The summed E-state index contributed by atoms with van der Waals surface area (Å²) in [5, 5.41) is 4.96. The molecule has 0 atom stereocenters. The molecule has 0 saturated carbocycles. The van der Waals surface area contributed by atoms with Crippen LogP contribution in [0.5, 0.6) is 0 Å². The summed E-state index contributed by atoms with van der Waals surface area (Å²) in [5.74, 6) is -1.70. The van der Waals surface area contributed by atoms with Crippen LogP contribution < -0.4 is 9.86 Å². The van der Waals surface area contributed by atoms with Crippen molar-refractivity contribution in [3.8, 4) is 0 Å². The minimum Gasteiger partial charge on any atom is -0.468 e. The lowest BCUT2D eigenvalue weighted by Crippen LogP contribution is -2.30. The molecule has 0 fully saturated rings. The van der Waals surface area contributed by atoms with Crippen molar-refractivity contribution >= 4 is 26.0 Å². The Hall–Kier alpha value is -1.49. The number of ether oxygens (including phenoxy) is 1. The largest absolute Gasteiger partial charge is 0.468 e. The standard InChI is InChI=1S/C10H14N2O6S2/c1-18-10(13)7-19(14,15)12-6-8-3-2-4-9(5-8)20(11,16)17/h2-5,12H,6-7H2,1H3,(H2,11,16,17). The van der Waals surface area contributed by atoms with Gasteiger partial charge in [-0.3, -0.25) is 4.79 Å². The molecule has 112 valence electrons. The number of rotatable bonds is 6. The zero-order chi connectivity index (χ0) is 15.4. The van der Waals surface area contributed by atoms with E-state index in [0.717, 1.165) is 7.11 Å². The van der Waals surface area contributed by atoms with Gasteiger partial charge < -0.3 is 4.74 Å². The highest BCUT2D eigenvalue weighted by Gasteiger charge is 2.16. The maximum Gasteiger partial charge on any atom is 0.322 e. The first-order chi connectivity index (χ1) is 9.14. The Bertz CT molecular complexity index is 696. The average molecular weight is 322 g/mol. The van der Waals surface area contributed by atoms with E-state index in [4.69, 9.17) is 5.14 Å². The number of methoxy groups -OCH3 is 1. The lowest BCUT2D eigenvalue weighted by atomic mass is 10.2. The molecule has 0 heterocycles. The van der Waals surface area contributed by atoms with E-state index in [-0.39, 0.29) is 11.4 Å². The number of hydrogen-bond acceptors (Lipinski definition) is 6. The van der Waals surface area contributed by atoms with Crippen molar-refractivity contribution in [2.45, 2.75) is 11.4 Å². The summed E-state index contributed by atoms with van der Waals surface area (Å²) in [4.78, 5) is 10.8. The van der Waals surface area contributed by atoms with Crippen molar-refractivity contribution in [3.63, 3.8) is 0 Å². The molecule has 1 aromatic rings. The van der Waals surface area contributed by atoms with E-state index in [9.17, 15) is 21.6 Å². The van der Waals surface area contributed by atoms with Crippen LogP contribution in [-0.2, 0) is 36.1 Å². The lowest BCUT2D eigenvalue weighted by molar-refractivity contribution is -0.137. The maximum absolute atomic E-state index is 11.5. The van der Waals surface area contributed by atoms with Crippen LogP contribution in [0.1, 0.15) is 5.56 Å². The summed E-state index contributed by atoms with van der Waals surface area (Å²) in [7, 11) is -6.62.